The van der Waals surface area contributed by atoms with Crippen LogP contribution in [0.3, 0.4) is 0 Å². The number of hydrogen-bond acceptors (Lipinski definition) is 3. The molecule has 24 heavy (non-hydrogen) atoms. The summed E-state index contributed by atoms with van der Waals surface area (Å²) in [6, 6.07) is 4.17. The van der Waals surface area contributed by atoms with Gasteiger partial charge in [-0.1, -0.05) is 0 Å². The van der Waals surface area contributed by atoms with E-state index in [0.29, 0.717) is 13.1 Å². The number of rotatable bonds is 4. The molecule has 1 atom stereocenters. The number of carbonyl (C=O) groups excluding carboxylic acids is 2. The number of hydrogen-bond donors (Lipinski definition) is 1. The molecule has 2 rings (SSSR count). The minimum absolute atomic E-state index is 0.0589. The number of likely N-dealkylation sites (N-methyl/N-ethyl adjacent to an activating group) is 1. The van der Waals surface area contributed by atoms with E-state index >= 15 is 0 Å². The van der Waals surface area contributed by atoms with Crippen molar-refractivity contribution in [1.82, 2.24) is 20.1 Å². The average molecular weight is 332 g/mol. The Morgan fingerprint density at radius 1 is 1.42 bits per heavy atom. The van der Waals surface area contributed by atoms with Crippen molar-refractivity contribution in [2.24, 2.45) is 0 Å². The highest BCUT2D eigenvalue weighted by atomic mass is 16.2. The number of nitrogens with zero attached hydrogens (tertiary/aromatic N) is 3. The summed E-state index contributed by atoms with van der Waals surface area (Å²) < 4.78 is 0. The largest absolute Gasteiger partial charge is 0.343 e. The minimum Gasteiger partial charge on any atom is -0.343 e. The Morgan fingerprint density at radius 3 is 2.67 bits per heavy atom. The lowest BCUT2D eigenvalue weighted by atomic mass is 10.1. The van der Waals surface area contributed by atoms with E-state index < -0.39 is 0 Å². The molecule has 0 bridgehead atoms. The van der Waals surface area contributed by atoms with Gasteiger partial charge in [0.2, 0.25) is 5.91 Å². The maximum atomic E-state index is 12.4. The lowest BCUT2D eigenvalue weighted by molar-refractivity contribution is -0.129. The van der Waals surface area contributed by atoms with E-state index in [1.807, 2.05) is 31.9 Å². The van der Waals surface area contributed by atoms with Gasteiger partial charge in [-0.15, -0.1) is 0 Å². The average Bonchev–Trinajstić information content (AvgIpc) is 2.54. The molecular weight excluding hydrogens is 304 g/mol. The van der Waals surface area contributed by atoms with Crippen molar-refractivity contribution in [3.8, 4) is 0 Å². The lowest BCUT2D eigenvalue weighted by Crippen LogP contribution is -2.51. The first-order valence-corrected chi connectivity index (χ1v) is 8.57. The molecule has 1 saturated heterocycles. The summed E-state index contributed by atoms with van der Waals surface area (Å²) in [7, 11) is 1.82. The zero-order valence-electron chi connectivity index (χ0n) is 15.1. The first-order valence-electron chi connectivity index (χ1n) is 8.57. The van der Waals surface area contributed by atoms with Crippen LogP contribution >= 0.6 is 0 Å². The minimum atomic E-state index is -0.0589. The molecular formula is C18H28N4O2. The van der Waals surface area contributed by atoms with Crippen molar-refractivity contribution in [1.29, 1.82) is 0 Å². The number of likely N-dealkylation sites (tertiary alicyclic amines) is 1. The quantitative estimate of drug-likeness (QED) is 0.917. The van der Waals surface area contributed by atoms with E-state index in [0.717, 1.165) is 25.0 Å². The fourth-order valence-corrected chi connectivity index (χ4v) is 2.97. The molecule has 132 valence electrons. The molecule has 1 fully saturated rings. The number of urea groups is 1. The fraction of sp³-hybridized carbons (Fsp3) is 0.611. The summed E-state index contributed by atoms with van der Waals surface area (Å²) in [5.41, 5.74) is 2.17. The van der Waals surface area contributed by atoms with Crippen LogP contribution < -0.4 is 5.32 Å². The van der Waals surface area contributed by atoms with Gasteiger partial charge in [-0.25, -0.2) is 4.79 Å². The maximum Gasteiger partial charge on any atom is 0.317 e. The van der Waals surface area contributed by atoms with Crippen molar-refractivity contribution in [2.75, 3.05) is 20.1 Å². The Morgan fingerprint density at radius 2 is 2.08 bits per heavy atom. The summed E-state index contributed by atoms with van der Waals surface area (Å²) in [5.74, 6) is 0.108. The van der Waals surface area contributed by atoms with E-state index in [-0.39, 0.29) is 24.0 Å². The zero-order valence-corrected chi connectivity index (χ0v) is 15.1. The maximum absolute atomic E-state index is 12.4. The molecule has 0 aliphatic carbocycles. The van der Waals surface area contributed by atoms with Gasteiger partial charge in [0.1, 0.15) is 0 Å². The van der Waals surface area contributed by atoms with Gasteiger partial charge in [-0.2, -0.15) is 0 Å². The summed E-state index contributed by atoms with van der Waals surface area (Å²) in [4.78, 5) is 31.7. The number of aryl methyl sites for hydroxylation is 1. The van der Waals surface area contributed by atoms with E-state index in [2.05, 4.69) is 16.4 Å². The highest BCUT2D eigenvalue weighted by molar-refractivity contribution is 5.75. The zero-order chi connectivity index (χ0) is 17.7. The Hall–Kier alpha value is -2.11. The van der Waals surface area contributed by atoms with E-state index in [1.165, 1.54) is 5.56 Å². The van der Waals surface area contributed by atoms with Gasteiger partial charge in [0.15, 0.2) is 0 Å². The highest BCUT2D eigenvalue weighted by Crippen LogP contribution is 2.12. The molecule has 0 saturated carbocycles. The molecule has 6 heteroatoms. The summed E-state index contributed by atoms with van der Waals surface area (Å²) in [6.07, 6.45) is 4.16. The third-order valence-corrected chi connectivity index (χ3v) is 4.73. The first kappa shape index (κ1) is 18.2. The van der Waals surface area contributed by atoms with Crippen LogP contribution in [-0.4, -0.2) is 58.9 Å². The lowest BCUT2D eigenvalue weighted by Gasteiger charge is -2.33. The van der Waals surface area contributed by atoms with Crippen molar-refractivity contribution >= 4 is 11.9 Å². The summed E-state index contributed by atoms with van der Waals surface area (Å²) >= 11 is 0. The number of amides is 3. The molecule has 1 aliphatic heterocycles. The second-order valence-corrected chi connectivity index (χ2v) is 6.72. The number of piperidine rings is 1. The van der Waals surface area contributed by atoms with Crippen molar-refractivity contribution in [3.63, 3.8) is 0 Å². The second kappa shape index (κ2) is 8.13. The Kier molecular flexibility index (Phi) is 6.17. The standard InChI is InChI=1S/C18H28N4O2/c1-13-5-8-19-17(11-13)12-14(2)21(4)18(24)20-16-6-9-22(10-7-16)15(3)23/h5,8,11,14,16H,6-7,9-10,12H2,1-4H3,(H,20,24)/t14-/m1/s1. The normalized spacial score (nSPS) is 16.6. The smallest absolute Gasteiger partial charge is 0.317 e. The molecule has 0 unspecified atom stereocenters. The van der Waals surface area contributed by atoms with Gasteiger partial charge in [0, 0.05) is 57.5 Å². The molecule has 1 aliphatic rings. The Bertz CT molecular complexity index is 582. The van der Waals surface area contributed by atoms with E-state index in [1.54, 1.807) is 18.0 Å². The van der Waals surface area contributed by atoms with Gasteiger partial charge in [-0.05, 0) is 44.4 Å². The molecule has 2 heterocycles. The SMILES string of the molecule is CC(=O)N1CCC(NC(=O)N(C)[C@H](C)Cc2cc(C)ccn2)CC1. The van der Waals surface area contributed by atoms with Crippen LogP contribution in [0.1, 0.15) is 37.9 Å². The topological polar surface area (TPSA) is 65.5 Å². The van der Waals surface area contributed by atoms with Crippen LogP contribution in [0.25, 0.3) is 0 Å². The monoisotopic (exact) mass is 332 g/mol. The van der Waals surface area contributed by atoms with Crippen LogP contribution in [0.5, 0.6) is 0 Å². The third-order valence-electron chi connectivity index (χ3n) is 4.73. The van der Waals surface area contributed by atoms with E-state index in [9.17, 15) is 9.59 Å². The molecule has 0 radical (unpaired) electrons. The number of nitrogens with one attached hydrogen (secondary N) is 1. The van der Waals surface area contributed by atoms with Crippen molar-refractivity contribution in [2.45, 2.75) is 52.1 Å². The molecule has 0 spiro atoms. The molecule has 1 aromatic heterocycles. The number of aromatic nitrogens is 1. The van der Waals surface area contributed by atoms with Crippen molar-refractivity contribution < 1.29 is 9.59 Å². The van der Waals surface area contributed by atoms with Gasteiger partial charge < -0.3 is 15.1 Å². The molecule has 1 N–H and O–H groups in total. The fourth-order valence-electron chi connectivity index (χ4n) is 2.97. The van der Waals surface area contributed by atoms with Crippen LogP contribution in [0.2, 0.25) is 0 Å². The number of pyridine rings is 1. The molecule has 3 amide bonds. The van der Waals surface area contributed by atoms with E-state index in [4.69, 9.17) is 0 Å². The van der Waals surface area contributed by atoms with Gasteiger partial charge in [-0.3, -0.25) is 9.78 Å². The predicted molar refractivity (Wildman–Crippen MR) is 93.7 cm³/mol. The highest BCUT2D eigenvalue weighted by Gasteiger charge is 2.24. The molecule has 1 aromatic rings. The van der Waals surface area contributed by atoms with Gasteiger partial charge in [0.05, 0.1) is 0 Å². The van der Waals surface area contributed by atoms with Crippen molar-refractivity contribution in [3.05, 3.63) is 29.6 Å². The first-order chi connectivity index (χ1) is 11.4. The predicted octanol–water partition coefficient (Wildman–Crippen LogP) is 1.97. The summed E-state index contributed by atoms with van der Waals surface area (Å²) in [5, 5.41) is 3.08. The van der Waals surface area contributed by atoms with Gasteiger partial charge >= 0.3 is 6.03 Å². The number of carbonyl (C=O) groups is 2. The third kappa shape index (κ3) is 4.94. The summed E-state index contributed by atoms with van der Waals surface area (Å²) in [6.45, 7) is 7.09. The Labute approximate surface area is 144 Å². The van der Waals surface area contributed by atoms with Crippen LogP contribution in [0.15, 0.2) is 18.3 Å². The Balaban J connectivity index is 1.82. The molecule has 0 aromatic carbocycles. The second-order valence-electron chi connectivity index (χ2n) is 6.72. The van der Waals surface area contributed by atoms with Crippen LogP contribution in [0.4, 0.5) is 4.79 Å². The van der Waals surface area contributed by atoms with Crippen LogP contribution in [0, 0.1) is 6.92 Å². The molecule has 6 nitrogen and oxygen atoms in total. The van der Waals surface area contributed by atoms with Crippen LogP contribution in [-0.2, 0) is 11.2 Å². The van der Waals surface area contributed by atoms with Gasteiger partial charge in [0.25, 0.3) is 0 Å².